The first-order chi connectivity index (χ1) is 13.2. The molecule has 0 saturated carbocycles. The first kappa shape index (κ1) is 20.4. The number of carbonyl (C=O) groups is 2. The van der Waals surface area contributed by atoms with Gasteiger partial charge in [-0.15, -0.1) is 0 Å². The van der Waals surface area contributed by atoms with Gasteiger partial charge in [-0.2, -0.15) is 0 Å². The largest absolute Gasteiger partial charge is 0.469 e. The molecule has 27 heavy (non-hydrogen) atoms. The van der Waals surface area contributed by atoms with E-state index < -0.39 is 0 Å². The predicted molar refractivity (Wildman–Crippen MR) is 103 cm³/mol. The summed E-state index contributed by atoms with van der Waals surface area (Å²) in [5.41, 5.74) is 0. The molecule has 154 valence electrons. The molecule has 0 bridgehead atoms. The topological polar surface area (TPSA) is 77.1 Å². The van der Waals surface area contributed by atoms with E-state index in [-0.39, 0.29) is 24.6 Å². The van der Waals surface area contributed by atoms with Crippen molar-refractivity contribution in [3.8, 4) is 0 Å². The Hall–Kier alpha value is -1.38. The SMILES string of the molecule is COC(=O)CC(NC(=O)N1CCN(C2CCNCC2)CC1)N1CCCCC1. The molecule has 8 nitrogen and oxygen atoms in total. The fraction of sp³-hybridized carbons (Fsp3) is 0.895. The van der Waals surface area contributed by atoms with E-state index in [0.29, 0.717) is 6.04 Å². The van der Waals surface area contributed by atoms with Gasteiger partial charge < -0.3 is 20.3 Å². The van der Waals surface area contributed by atoms with Crippen LogP contribution in [0.4, 0.5) is 4.79 Å². The van der Waals surface area contributed by atoms with E-state index in [0.717, 1.165) is 65.2 Å². The van der Waals surface area contributed by atoms with E-state index in [9.17, 15) is 9.59 Å². The number of ether oxygens (including phenoxy) is 1. The van der Waals surface area contributed by atoms with Gasteiger partial charge in [0.05, 0.1) is 19.7 Å². The van der Waals surface area contributed by atoms with E-state index in [4.69, 9.17) is 4.74 Å². The Morgan fingerprint density at radius 1 is 1.04 bits per heavy atom. The van der Waals surface area contributed by atoms with Gasteiger partial charge in [-0.25, -0.2) is 4.79 Å². The summed E-state index contributed by atoms with van der Waals surface area (Å²) in [6, 6.07) is 0.594. The smallest absolute Gasteiger partial charge is 0.318 e. The maximum atomic E-state index is 12.8. The van der Waals surface area contributed by atoms with Gasteiger partial charge in [-0.3, -0.25) is 14.6 Å². The Kier molecular flexibility index (Phi) is 7.72. The second-order valence-corrected chi connectivity index (χ2v) is 7.85. The zero-order valence-electron chi connectivity index (χ0n) is 16.6. The summed E-state index contributed by atoms with van der Waals surface area (Å²) in [7, 11) is 1.40. The third-order valence-corrected chi connectivity index (χ3v) is 6.14. The summed E-state index contributed by atoms with van der Waals surface area (Å²) in [6.45, 7) is 7.40. The van der Waals surface area contributed by atoms with Gasteiger partial charge in [0.15, 0.2) is 0 Å². The molecule has 2 amide bonds. The van der Waals surface area contributed by atoms with E-state index >= 15 is 0 Å². The number of likely N-dealkylation sites (tertiary alicyclic amines) is 1. The van der Waals surface area contributed by atoms with Crippen molar-refractivity contribution in [2.75, 3.05) is 59.5 Å². The maximum absolute atomic E-state index is 12.8. The maximum Gasteiger partial charge on any atom is 0.318 e. The lowest BCUT2D eigenvalue weighted by Gasteiger charge is -2.41. The molecule has 0 radical (unpaired) electrons. The normalized spacial score (nSPS) is 24.4. The fourth-order valence-corrected chi connectivity index (χ4v) is 4.44. The van der Waals surface area contributed by atoms with Crippen LogP contribution in [0, 0.1) is 0 Å². The fourth-order valence-electron chi connectivity index (χ4n) is 4.44. The second-order valence-electron chi connectivity index (χ2n) is 7.85. The van der Waals surface area contributed by atoms with Crippen LogP contribution in [-0.2, 0) is 9.53 Å². The minimum atomic E-state index is -0.276. The predicted octanol–water partition coefficient (Wildman–Crippen LogP) is 0.441. The molecule has 0 aliphatic carbocycles. The number of nitrogens with zero attached hydrogens (tertiary/aromatic N) is 3. The highest BCUT2D eigenvalue weighted by molar-refractivity contribution is 5.76. The molecule has 8 heteroatoms. The molecule has 3 heterocycles. The minimum absolute atomic E-state index is 0.0561. The van der Waals surface area contributed by atoms with Crippen molar-refractivity contribution in [2.45, 2.75) is 50.7 Å². The summed E-state index contributed by atoms with van der Waals surface area (Å²) >= 11 is 0. The molecule has 3 rings (SSSR count). The molecule has 0 aromatic heterocycles. The van der Waals surface area contributed by atoms with Gasteiger partial charge in [0.2, 0.25) is 0 Å². The molecule has 3 aliphatic rings. The van der Waals surface area contributed by atoms with Crippen LogP contribution in [0.2, 0.25) is 0 Å². The number of rotatable bonds is 5. The molecular weight excluding hydrogens is 346 g/mol. The number of piperazine rings is 1. The highest BCUT2D eigenvalue weighted by Gasteiger charge is 2.30. The number of carbonyl (C=O) groups excluding carboxylic acids is 2. The van der Waals surface area contributed by atoms with Crippen LogP contribution in [0.25, 0.3) is 0 Å². The zero-order valence-corrected chi connectivity index (χ0v) is 16.6. The highest BCUT2D eigenvalue weighted by atomic mass is 16.5. The van der Waals surface area contributed by atoms with Gasteiger partial charge in [0, 0.05) is 45.3 Å². The quantitative estimate of drug-likeness (QED) is 0.673. The molecule has 3 fully saturated rings. The summed E-state index contributed by atoms with van der Waals surface area (Å²) < 4.78 is 4.84. The Morgan fingerprint density at radius 3 is 2.33 bits per heavy atom. The van der Waals surface area contributed by atoms with Crippen LogP contribution in [0.3, 0.4) is 0 Å². The molecule has 1 unspecified atom stereocenters. The molecule has 3 aliphatic heterocycles. The molecule has 1 atom stereocenters. The van der Waals surface area contributed by atoms with Crippen molar-refractivity contribution in [1.82, 2.24) is 25.3 Å². The van der Waals surface area contributed by atoms with Crippen LogP contribution in [0.5, 0.6) is 0 Å². The molecule has 3 saturated heterocycles. The van der Waals surface area contributed by atoms with Gasteiger partial charge in [0.25, 0.3) is 0 Å². The van der Waals surface area contributed by atoms with Gasteiger partial charge in [-0.1, -0.05) is 6.42 Å². The number of piperidine rings is 2. The number of methoxy groups -OCH3 is 1. The minimum Gasteiger partial charge on any atom is -0.469 e. The Morgan fingerprint density at radius 2 is 1.70 bits per heavy atom. The van der Waals surface area contributed by atoms with E-state index in [1.807, 2.05) is 4.90 Å². The van der Waals surface area contributed by atoms with Crippen molar-refractivity contribution >= 4 is 12.0 Å². The van der Waals surface area contributed by atoms with Crippen molar-refractivity contribution in [2.24, 2.45) is 0 Å². The van der Waals surface area contributed by atoms with Crippen LogP contribution < -0.4 is 10.6 Å². The Balaban J connectivity index is 1.50. The molecule has 0 aromatic rings. The second kappa shape index (κ2) is 10.2. The van der Waals surface area contributed by atoms with Gasteiger partial charge in [0.1, 0.15) is 0 Å². The summed E-state index contributed by atoms with van der Waals surface area (Å²) in [5, 5.41) is 6.51. The van der Waals surface area contributed by atoms with Crippen molar-refractivity contribution in [3.63, 3.8) is 0 Å². The van der Waals surface area contributed by atoms with Crippen LogP contribution in [0.15, 0.2) is 0 Å². The zero-order chi connectivity index (χ0) is 19.1. The number of amides is 2. The van der Waals surface area contributed by atoms with Crippen molar-refractivity contribution < 1.29 is 14.3 Å². The first-order valence-electron chi connectivity index (χ1n) is 10.5. The lowest BCUT2D eigenvalue weighted by molar-refractivity contribution is -0.142. The average Bonchev–Trinajstić information content (AvgIpc) is 2.74. The van der Waals surface area contributed by atoms with Crippen LogP contribution in [0.1, 0.15) is 38.5 Å². The van der Waals surface area contributed by atoms with Gasteiger partial charge in [-0.05, 0) is 38.8 Å². The number of hydrogen-bond acceptors (Lipinski definition) is 6. The summed E-state index contributed by atoms with van der Waals surface area (Å²) in [6.07, 6.45) is 5.77. The first-order valence-corrected chi connectivity index (χ1v) is 10.5. The molecular formula is C19H35N5O3. The third-order valence-electron chi connectivity index (χ3n) is 6.14. The number of esters is 1. The van der Waals surface area contributed by atoms with Crippen molar-refractivity contribution in [3.05, 3.63) is 0 Å². The van der Waals surface area contributed by atoms with Crippen LogP contribution in [-0.4, -0.2) is 98.4 Å². The summed E-state index contributed by atoms with van der Waals surface area (Å²) in [5.74, 6) is -0.276. The number of urea groups is 1. The molecule has 0 aromatic carbocycles. The van der Waals surface area contributed by atoms with E-state index in [1.54, 1.807) is 0 Å². The Bertz CT molecular complexity index is 484. The van der Waals surface area contributed by atoms with Crippen LogP contribution >= 0.6 is 0 Å². The average molecular weight is 382 g/mol. The molecule has 0 spiro atoms. The van der Waals surface area contributed by atoms with Crippen molar-refractivity contribution in [1.29, 1.82) is 0 Å². The standard InChI is InChI=1S/C19H35N5O3/c1-27-18(25)15-17(23-9-3-2-4-10-23)21-19(26)24-13-11-22(12-14-24)16-5-7-20-8-6-16/h16-17,20H,2-15H2,1H3,(H,21,26). The highest BCUT2D eigenvalue weighted by Crippen LogP contribution is 2.16. The number of nitrogens with one attached hydrogen (secondary N) is 2. The monoisotopic (exact) mass is 381 g/mol. The van der Waals surface area contributed by atoms with E-state index in [2.05, 4.69) is 20.4 Å². The third kappa shape index (κ3) is 5.80. The Labute approximate surface area is 162 Å². The van der Waals surface area contributed by atoms with E-state index in [1.165, 1.54) is 26.4 Å². The lowest BCUT2D eigenvalue weighted by atomic mass is 10.0. The number of hydrogen-bond donors (Lipinski definition) is 2. The summed E-state index contributed by atoms with van der Waals surface area (Å²) in [4.78, 5) is 31.3. The molecule has 2 N–H and O–H groups in total. The van der Waals surface area contributed by atoms with Gasteiger partial charge >= 0.3 is 12.0 Å². The lowest BCUT2D eigenvalue weighted by Crippen LogP contribution is -2.59.